The Morgan fingerprint density at radius 1 is 1.20 bits per heavy atom. The van der Waals surface area contributed by atoms with Gasteiger partial charge in [-0.05, 0) is 39.0 Å². The maximum atomic E-state index is 10.9. The number of nitrogens with zero attached hydrogens (tertiary/aromatic N) is 1. The zero-order valence-electron chi connectivity index (χ0n) is 11.8. The van der Waals surface area contributed by atoms with Crippen LogP contribution < -0.4 is 9.47 Å². The zero-order valence-corrected chi connectivity index (χ0v) is 12.6. The number of carbonyl (C=O) groups is 1. The van der Waals surface area contributed by atoms with Crippen LogP contribution in [0.5, 0.6) is 11.5 Å². The highest BCUT2D eigenvalue weighted by Crippen LogP contribution is 2.35. The van der Waals surface area contributed by atoms with Gasteiger partial charge in [0.25, 0.3) is 0 Å². The van der Waals surface area contributed by atoms with Crippen molar-refractivity contribution in [2.24, 2.45) is 0 Å². The summed E-state index contributed by atoms with van der Waals surface area (Å²) >= 11 is 1.50. The molecule has 0 spiro atoms. The average molecular weight is 291 g/mol. The molecule has 0 fully saturated rings. The van der Waals surface area contributed by atoms with Crippen LogP contribution in [0, 0.1) is 6.92 Å². The van der Waals surface area contributed by atoms with Crippen LogP contribution in [0.25, 0.3) is 10.6 Å². The topological polar surface area (TPSA) is 48.4 Å². The molecule has 0 aliphatic carbocycles. The van der Waals surface area contributed by atoms with Crippen molar-refractivity contribution in [3.8, 4) is 22.1 Å². The zero-order chi connectivity index (χ0) is 14.5. The van der Waals surface area contributed by atoms with Crippen molar-refractivity contribution >= 4 is 17.6 Å². The lowest BCUT2D eigenvalue weighted by atomic mass is 10.2. The number of rotatable bonds is 6. The minimum Gasteiger partial charge on any atom is -0.490 e. The van der Waals surface area contributed by atoms with Gasteiger partial charge in [0.2, 0.25) is 0 Å². The summed E-state index contributed by atoms with van der Waals surface area (Å²) in [5, 5.41) is 0.814. The Morgan fingerprint density at radius 3 is 2.50 bits per heavy atom. The van der Waals surface area contributed by atoms with Crippen LogP contribution in [-0.4, -0.2) is 24.5 Å². The normalized spacial score (nSPS) is 10.3. The molecule has 0 saturated heterocycles. The molecule has 20 heavy (non-hydrogen) atoms. The van der Waals surface area contributed by atoms with E-state index in [4.69, 9.17) is 9.47 Å². The molecule has 1 aromatic heterocycles. The fraction of sp³-hybridized carbons (Fsp3) is 0.333. The first-order valence-corrected chi connectivity index (χ1v) is 7.33. The summed E-state index contributed by atoms with van der Waals surface area (Å²) in [5.74, 6) is 1.43. The summed E-state index contributed by atoms with van der Waals surface area (Å²) in [7, 11) is 0. The van der Waals surface area contributed by atoms with Crippen molar-refractivity contribution in [2.75, 3.05) is 13.2 Å². The van der Waals surface area contributed by atoms with Crippen LogP contribution >= 0.6 is 11.3 Å². The summed E-state index contributed by atoms with van der Waals surface area (Å²) in [6, 6.07) is 5.71. The second-order valence-electron chi connectivity index (χ2n) is 4.11. The molecule has 5 heteroatoms. The van der Waals surface area contributed by atoms with Gasteiger partial charge in [0.15, 0.2) is 17.8 Å². The van der Waals surface area contributed by atoms with Crippen molar-refractivity contribution in [3.05, 3.63) is 28.8 Å². The van der Waals surface area contributed by atoms with E-state index < -0.39 is 0 Å². The fourth-order valence-corrected chi connectivity index (χ4v) is 2.70. The van der Waals surface area contributed by atoms with Crippen molar-refractivity contribution in [3.63, 3.8) is 0 Å². The van der Waals surface area contributed by atoms with E-state index in [-0.39, 0.29) is 0 Å². The maximum Gasteiger partial charge on any atom is 0.169 e. The third-order valence-corrected chi connectivity index (χ3v) is 3.77. The average Bonchev–Trinajstić information content (AvgIpc) is 2.82. The van der Waals surface area contributed by atoms with Crippen molar-refractivity contribution in [1.29, 1.82) is 0 Å². The largest absolute Gasteiger partial charge is 0.490 e. The van der Waals surface area contributed by atoms with Gasteiger partial charge in [0, 0.05) is 10.4 Å². The van der Waals surface area contributed by atoms with Crippen LogP contribution in [-0.2, 0) is 0 Å². The molecule has 0 unspecified atom stereocenters. The van der Waals surface area contributed by atoms with Gasteiger partial charge in [-0.25, -0.2) is 4.98 Å². The molecule has 0 N–H and O–H groups in total. The number of hydrogen-bond donors (Lipinski definition) is 0. The van der Waals surface area contributed by atoms with Gasteiger partial charge in [-0.3, -0.25) is 4.79 Å². The Bertz CT molecular complexity index is 607. The number of aldehydes is 1. The molecule has 0 aliphatic heterocycles. The summed E-state index contributed by atoms with van der Waals surface area (Å²) in [4.78, 5) is 16.1. The van der Waals surface area contributed by atoms with E-state index in [0.717, 1.165) is 27.5 Å². The van der Waals surface area contributed by atoms with Crippen LogP contribution in [0.3, 0.4) is 0 Å². The van der Waals surface area contributed by atoms with Gasteiger partial charge >= 0.3 is 0 Å². The van der Waals surface area contributed by atoms with E-state index >= 15 is 0 Å². The third kappa shape index (κ3) is 2.99. The molecule has 2 aromatic rings. The Labute approximate surface area is 122 Å². The van der Waals surface area contributed by atoms with Gasteiger partial charge in [0.1, 0.15) is 10.7 Å². The summed E-state index contributed by atoms with van der Waals surface area (Å²) in [6.07, 6.45) is 0.785. The number of hydrogen-bond acceptors (Lipinski definition) is 5. The number of carbonyl (C=O) groups excluding carboxylic acids is 1. The van der Waals surface area contributed by atoms with E-state index in [1.54, 1.807) is 0 Å². The first-order valence-electron chi connectivity index (χ1n) is 6.52. The third-order valence-electron chi connectivity index (χ3n) is 2.73. The lowest BCUT2D eigenvalue weighted by molar-refractivity contribution is 0.111. The highest BCUT2D eigenvalue weighted by molar-refractivity contribution is 7.15. The van der Waals surface area contributed by atoms with E-state index in [1.807, 2.05) is 39.0 Å². The van der Waals surface area contributed by atoms with Crippen LogP contribution in [0.4, 0.5) is 0 Å². The molecule has 0 bridgehead atoms. The van der Waals surface area contributed by atoms with E-state index in [2.05, 4.69) is 4.98 Å². The van der Waals surface area contributed by atoms with Gasteiger partial charge in [-0.2, -0.15) is 0 Å². The van der Waals surface area contributed by atoms with Gasteiger partial charge in [-0.1, -0.05) is 0 Å². The standard InChI is InChI=1S/C15H17NO3S/c1-4-18-13-7-6-11(8-14(13)19-5-2)15-16-12(9-17)10(3)20-15/h6-9H,4-5H2,1-3H3. The lowest BCUT2D eigenvalue weighted by Gasteiger charge is -2.11. The Balaban J connectivity index is 2.40. The van der Waals surface area contributed by atoms with Crippen LogP contribution in [0.15, 0.2) is 18.2 Å². The molecule has 2 rings (SSSR count). The quantitative estimate of drug-likeness (QED) is 0.761. The highest BCUT2D eigenvalue weighted by Gasteiger charge is 2.12. The predicted octanol–water partition coefficient (Wildman–Crippen LogP) is 3.73. The first kappa shape index (κ1) is 14.5. The first-order chi connectivity index (χ1) is 9.69. The van der Waals surface area contributed by atoms with Gasteiger partial charge in [-0.15, -0.1) is 11.3 Å². The van der Waals surface area contributed by atoms with Crippen molar-refractivity contribution in [2.45, 2.75) is 20.8 Å². The molecule has 0 aliphatic rings. The Kier molecular flexibility index (Phi) is 4.74. The minimum absolute atomic E-state index is 0.497. The molecule has 4 nitrogen and oxygen atoms in total. The summed E-state index contributed by atoms with van der Waals surface area (Å²) in [6.45, 7) is 6.92. The molecule has 106 valence electrons. The summed E-state index contributed by atoms with van der Waals surface area (Å²) in [5.41, 5.74) is 1.43. The number of ether oxygens (including phenoxy) is 2. The molecule has 1 aromatic carbocycles. The SMILES string of the molecule is CCOc1ccc(-c2nc(C=O)c(C)s2)cc1OCC. The molecular weight excluding hydrogens is 274 g/mol. The monoisotopic (exact) mass is 291 g/mol. The molecular formula is C15H17NO3S. The van der Waals surface area contributed by atoms with E-state index in [0.29, 0.717) is 24.7 Å². The van der Waals surface area contributed by atoms with E-state index in [9.17, 15) is 4.79 Å². The highest BCUT2D eigenvalue weighted by atomic mass is 32.1. The smallest absolute Gasteiger partial charge is 0.169 e. The molecule has 1 heterocycles. The van der Waals surface area contributed by atoms with Gasteiger partial charge in [0.05, 0.1) is 13.2 Å². The van der Waals surface area contributed by atoms with Crippen molar-refractivity contribution in [1.82, 2.24) is 4.98 Å². The Hall–Kier alpha value is -1.88. The van der Waals surface area contributed by atoms with E-state index in [1.165, 1.54) is 11.3 Å². The van der Waals surface area contributed by atoms with Crippen molar-refractivity contribution < 1.29 is 14.3 Å². The van der Waals surface area contributed by atoms with Crippen LogP contribution in [0.1, 0.15) is 29.2 Å². The Morgan fingerprint density at radius 2 is 1.90 bits per heavy atom. The number of aromatic nitrogens is 1. The number of benzene rings is 1. The minimum atomic E-state index is 0.497. The van der Waals surface area contributed by atoms with Gasteiger partial charge < -0.3 is 9.47 Å². The molecule has 0 amide bonds. The fourth-order valence-electron chi connectivity index (χ4n) is 1.83. The summed E-state index contributed by atoms with van der Waals surface area (Å²) < 4.78 is 11.1. The molecule has 0 saturated carbocycles. The predicted molar refractivity (Wildman–Crippen MR) is 80.0 cm³/mol. The lowest BCUT2D eigenvalue weighted by Crippen LogP contribution is -1.98. The molecule has 0 radical (unpaired) electrons. The number of thiazole rings is 1. The number of aryl methyl sites for hydroxylation is 1. The second-order valence-corrected chi connectivity index (χ2v) is 5.31. The maximum absolute atomic E-state index is 10.9. The molecule has 0 atom stereocenters. The van der Waals surface area contributed by atoms with Crippen LogP contribution in [0.2, 0.25) is 0 Å². The second kappa shape index (κ2) is 6.52.